The fraction of sp³-hybridized carbons (Fsp3) is 0.120. The van der Waals surface area contributed by atoms with Gasteiger partial charge in [-0.2, -0.15) is 5.10 Å². The van der Waals surface area contributed by atoms with Gasteiger partial charge in [-0.05, 0) is 49.0 Å². The number of nitro benzene ring substituents is 1. The van der Waals surface area contributed by atoms with Crippen LogP contribution in [0.5, 0.6) is 5.75 Å². The van der Waals surface area contributed by atoms with Gasteiger partial charge in [0.05, 0.1) is 11.1 Å². The van der Waals surface area contributed by atoms with E-state index in [2.05, 4.69) is 20.7 Å². The second-order valence-electron chi connectivity index (χ2n) is 7.54. The number of nitrogens with one attached hydrogen (secondary N) is 1. The SMILES string of the molecule is CCn1c(Sc2ccc([N+](=O)[O-])cc2/C=N\NC(=O)COc2ccccc2)nnc1-c1cccc(Cl)c1. The first kappa shape index (κ1) is 25.9. The number of amides is 1. The molecular formula is C25H21ClN6O4S. The summed E-state index contributed by atoms with van der Waals surface area (Å²) in [7, 11) is 0. The lowest BCUT2D eigenvalue weighted by atomic mass is 10.2. The molecule has 0 atom stereocenters. The van der Waals surface area contributed by atoms with Gasteiger partial charge in [0, 0.05) is 39.7 Å². The van der Waals surface area contributed by atoms with E-state index in [9.17, 15) is 14.9 Å². The fourth-order valence-electron chi connectivity index (χ4n) is 3.30. The van der Waals surface area contributed by atoms with Crippen molar-refractivity contribution < 1.29 is 14.5 Å². The van der Waals surface area contributed by atoms with Gasteiger partial charge in [0.2, 0.25) is 0 Å². The van der Waals surface area contributed by atoms with Crippen molar-refractivity contribution >= 4 is 41.2 Å². The van der Waals surface area contributed by atoms with Gasteiger partial charge in [0.15, 0.2) is 17.6 Å². The Balaban J connectivity index is 1.53. The van der Waals surface area contributed by atoms with Gasteiger partial charge in [0.1, 0.15) is 5.75 Å². The zero-order chi connectivity index (χ0) is 26.2. The normalized spacial score (nSPS) is 11.0. The smallest absolute Gasteiger partial charge is 0.277 e. The molecule has 0 aliphatic rings. The number of para-hydroxylation sites is 1. The van der Waals surface area contributed by atoms with E-state index in [4.69, 9.17) is 16.3 Å². The third kappa shape index (κ3) is 6.72. The Morgan fingerprint density at radius 1 is 1.16 bits per heavy atom. The number of carbonyl (C=O) groups is 1. The number of benzene rings is 3. The van der Waals surface area contributed by atoms with Crippen LogP contribution in [0.2, 0.25) is 5.02 Å². The van der Waals surface area contributed by atoms with Crippen molar-refractivity contribution in [1.82, 2.24) is 20.2 Å². The van der Waals surface area contributed by atoms with E-state index < -0.39 is 10.8 Å². The number of rotatable bonds is 10. The highest BCUT2D eigenvalue weighted by Crippen LogP contribution is 2.33. The zero-order valence-corrected chi connectivity index (χ0v) is 21.1. The van der Waals surface area contributed by atoms with E-state index in [1.165, 1.54) is 30.1 Å². The number of hydrazone groups is 1. The van der Waals surface area contributed by atoms with Crippen molar-refractivity contribution in [2.75, 3.05) is 6.61 Å². The van der Waals surface area contributed by atoms with E-state index in [1.54, 1.807) is 42.5 Å². The molecule has 0 unspecified atom stereocenters. The molecule has 0 spiro atoms. The maximum atomic E-state index is 12.1. The van der Waals surface area contributed by atoms with Gasteiger partial charge in [0.25, 0.3) is 11.6 Å². The molecule has 3 aromatic carbocycles. The number of nitrogens with zero attached hydrogens (tertiary/aromatic N) is 5. The molecule has 12 heteroatoms. The maximum Gasteiger partial charge on any atom is 0.277 e. The molecule has 1 N–H and O–H groups in total. The van der Waals surface area contributed by atoms with Crippen molar-refractivity contribution in [2.24, 2.45) is 5.10 Å². The Hall–Kier alpha value is -4.22. The van der Waals surface area contributed by atoms with Gasteiger partial charge in [-0.1, -0.05) is 41.9 Å². The van der Waals surface area contributed by atoms with Crippen LogP contribution in [0.25, 0.3) is 11.4 Å². The number of aromatic nitrogens is 3. The Labute approximate surface area is 221 Å². The van der Waals surface area contributed by atoms with E-state index in [0.29, 0.717) is 38.8 Å². The number of nitro groups is 1. The Morgan fingerprint density at radius 3 is 2.70 bits per heavy atom. The number of ether oxygens (including phenoxy) is 1. The maximum absolute atomic E-state index is 12.1. The summed E-state index contributed by atoms with van der Waals surface area (Å²) < 4.78 is 7.31. The number of non-ortho nitro benzene ring substituents is 1. The minimum atomic E-state index is -0.496. The second-order valence-corrected chi connectivity index (χ2v) is 8.98. The lowest BCUT2D eigenvalue weighted by Gasteiger charge is -2.09. The lowest BCUT2D eigenvalue weighted by Crippen LogP contribution is -2.24. The molecule has 10 nitrogen and oxygen atoms in total. The molecule has 0 bridgehead atoms. The summed E-state index contributed by atoms with van der Waals surface area (Å²) >= 11 is 7.42. The van der Waals surface area contributed by atoms with Crippen molar-refractivity contribution in [1.29, 1.82) is 0 Å². The Kier molecular flexibility index (Phi) is 8.49. The minimum Gasteiger partial charge on any atom is -0.484 e. The molecule has 0 saturated carbocycles. The van der Waals surface area contributed by atoms with Crippen LogP contribution in [0.3, 0.4) is 0 Å². The molecule has 0 radical (unpaired) electrons. The molecule has 1 aromatic heterocycles. The lowest BCUT2D eigenvalue weighted by molar-refractivity contribution is -0.384. The second kappa shape index (κ2) is 12.2. The van der Waals surface area contributed by atoms with Gasteiger partial charge >= 0.3 is 0 Å². The van der Waals surface area contributed by atoms with Crippen LogP contribution < -0.4 is 10.2 Å². The summed E-state index contributed by atoms with van der Waals surface area (Å²) in [6.07, 6.45) is 1.35. The van der Waals surface area contributed by atoms with Crippen molar-refractivity contribution in [3.63, 3.8) is 0 Å². The van der Waals surface area contributed by atoms with Crippen LogP contribution in [-0.4, -0.2) is 38.4 Å². The quantitative estimate of drug-likeness (QED) is 0.167. The summed E-state index contributed by atoms with van der Waals surface area (Å²) in [4.78, 5) is 23.6. The first-order valence-electron chi connectivity index (χ1n) is 11.1. The standard InChI is InChI=1S/C25H21ClN6O4S/c1-2-31-24(17-7-6-8-19(26)13-17)29-30-25(31)37-22-12-11-20(32(34)35)14-18(22)15-27-28-23(33)16-36-21-9-4-3-5-10-21/h3-15H,2,16H2,1H3,(H,28,33)/b27-15-. The summed E-state index contributed by atoms with van der Waals surface area (Å²) in [5.41, 5.74) is 3.51. The minimum absolute atomic E-state index is 0.110. The van der Waals surface area contributed by atoms with E-state index in [-0.39, 0.29) is 12.3 Å². The van der Waals surface area contributed by atoms with Crippen molar-refractivity contribution in [3.8, 4) is 17.1 Å². The van der Waals surface area contributed by atoms with Gasteiger partial charge in [-0.3, -0.25) is 14.9 Å². The van der Waals surface area contributed by atoms with Crippen LogP contribution in [0.1, 0.15) is 12.5 Å². The first-order valence-corrected chi connectivity index (χ1v) is 12.3. The Morgan fingerprint density at radius 2 is 1.97 bits per heavy atom. The van der Waals surface area contributed by atoms with Gasteiger partial charge in [-0.15, -0.1) is 10.2 Å². The molecule has 4 rings (SSSR count). The molecule has 0 fully saturated rings. The highest BCUT2D eigenvalue weighted by atomic mass is 35.5. The van der Waals surface area contributed by atoms with E-state index in [0.717, 1.165) is 5.56 Å². The first-order chi connectivity index (χ1) is 17.9. The molecule has 4 aromatic rings. The predicted octanol–water partition coefficient (Wildman–Crippen LogP) is 5.21. The third-order valence-corrected chi connectivity index (χ3v) is 6.34. The highest BCUT2D eigenvalue weighted by molar-refractivity contribution is 7.99. The van der Waals surface area contributed by atoms with Crippen molar-refractivity contribution in [3.05, 3.63) is 93.5 Å². The average Bonchev–Trinajstić information content (AvgIpc) is 3.31. The Bertz CT molecular complexity index is 1440. The number of carbonyl (C=O) groups excluding carboxylic acids is 1. The fourth-order valence-corrected chi connectivity index (χ4v) is 4.46. The number of hydrogen-bond acceptors (Lipinski definition) is 8. The number of hydrogen-bond donors (Lipinski definition) is 1. The van der Waals surface area contributed by atoms with Gasteiger partial charge < -0.3 is 9.30 Å². The summed E-state index contributed by atoms with van der Waals surface area (Å²) in [5.74, 6) is 0.725. The molecule has 1 amide bonds. The average molecular weight is 537 g/mol. The molecular weight excluding hydrogens is 516 g/mol. The number of halogens is 1. The van der Waals surface area contributed by atoms with Crippen LogP contribution in [0.4, 0.5) is 5.69 Å². The van der Waals surface area contributed by atoms with Crippen LogP contribution in [0, 0.1) is 10.1 Å². The van der Waals surface area contributed by atoms with Crippen LogP contribution in [-0.2, 0) is 11.3 Å². The third-order valence-electron chi connectivity index (χ3n) is 5.03. The largest absolute Gasteiger partial charge is 0.484 e. The van der Waals surface area contributed by atoms with E-state index >= 15 is 0 Å². The summed E-state index contributed by atoms with van der Waals surface area (Å²) in [5, 5.41) is 25.1. The summed E-state index contributed by atoms with van der Waals surface area (Å²) in [6, 6.07) is 20.6. The van der Waals surface area contributed by atoms with Crippen molar-refractivity contribution in [2.45, 2.75) is 23.5 Å². The molecule has 188 valence electrons. The molecule has 37 heavy (non-hydrogen) atoms. The molecule has 1 heterocycles. The molecule has 0 aliphatic carbocycles. The highest BCUT2D eigenvalue weighted by Gasteiger charge is 2.17. The zero-order valence-electron chi connectivity index (χ0n) is 19.6. The van der Waals surface area contributed by atoms with E-state index in [1.807, 2.05) is 29.7 Å². The molecule has 0 aliphatic heterocycles. The topological polar surface area (TPSA) is 125 Å². The predicted molar refractivity (Wildman–Crippen MR) is 141 cm³/mol. The van der Waals surface area contributed by atoms with Crippen LogP contribution in [0.15, 0.2) is 87.9 Å². The van der Waals surface area contributed by atoms with Crippen LogP contribution >= 0.6 is 23.4 Å². The molecule has 0 saturated heterocycles. The monoisotopic (exact) mass is 536 g/mol. The summed E-state index contributed by atoms with van der Waals surface area (Å²) in [6.45, 7) is 2.32. The van der Waals surface area contributed by atoms with Gasteiger partial charge in [-0.25, -0.2) is 5.43 Å².